The van der Waals surface area contributed by atoms with Crippen LogP contribution in [0.4, 0.5) is 5.69 Å². The van der Waals surface area contributed by atoms with Crippen LogP contribution in [0.1, 0.15) is 24.5 Å². The van der Waals surface area contributed by atoms with E-state index < -0.39 is 0 Å². The van der Waals surface area contributed by atoms with Crippen molar-refractivity contribution in [3.8, 4) is 0 Å². The second-order valence-electron chi connectivity index (χ2n) is 3.98. The molecule has 0 saturated heterocycles. The fourth-order valence-corrected chi connectivity index (χ4v) is 1.33. The molecule has 1 rings (SSSR count). The number of nitrogens with one attached hydrogen (secondary N) is 2. The largest absolute Gasteiger partial charge is 0.347 e. The molecule has 0 saturated carbocycles. The molecule has 0 aliphatic heterocycles. The van der Waals surface area contributed by atoms with Gasteiger partial charge in [0.05, 0.1) is 6.54 Å². The van der Waals surface area contributed by atoms with E-state index in [1.165, 1.54) is 5.56 Å². The van der Waals surface area contributed by atoms with E-state index in [-0.39, 0.29) is 18.4 Å². The lowest BCUT2D eigenvalue weighted by atomic mass is 10.1. The molecule has 0 spiro atoms. The van der Waals surface area contributed by atoms with E-state index >= 15 is 0 Å². The SMILES string of the molecule is CCC(=O)NCC(=O)Nc1ccc(C)c(C)c1. The Balaban J connectivity index is 2.50. The molecule has 0 heterocycles. The molecule has 0 aliphatic carbocycles. The normalized spacial score (nSPS) is 9.82. The van der Waals surface area contributed by atoms with Gasteiger partial charge >= 0.3 is 0 Å². The van der Waals surface area contributed by atoms with Gasteiger partial charge in [-0.1, -0.05) is 13.0 Å². The van der Waals surface area contributed by atoms with Gasteiger partial charge in [-0.2, -0.15) is 0 Å². The second kappa shape index (κ2) is 6.03. The Morgan fingerprint density at radius 2 is 1.82 bits per heavy atom. The number of carbonyl (C=O) groups is 2. The fraction of sp³-hybridized carbons (Fsp3) is 0.385. The van der Waals surface area contributed by atoms with Crippen molar-refractivity contribution in [2.45, 2.75) is 27.2 Å². The van der Waals surface area contributed by atoms with Crippen molar-refractivity contribution in [1.82, 2.24) is 5.32 Å². The molecule has 1 aromatic carbocycles. The maximum Gasteiger partial charge on any atom is 0.243 e. The lowest BCUT2D eigenvalue weighted by molar-refractivity contribution is -0.123. The van der Waals surface area contributed by atoms with Gasteiger partial charge in [0.15, 0.2) is 0 Å². The van der Waals surface area contributed by atoms with Crippen molar-refractivity contribution < 1.29 is 9.59 Å². The van der Waals surface area contributed by atoms with Crippen molar-refractivity contribution >= 4 is 17.5 Å². The molecule has 2 amide bonds. The van der Waals surface area contributed by atoms with Crippen LogP contribution in [-0.2, 0) is 9.59 Å². The Kier molecular flexibility index (Phi) is 4.69. The fourth-order valence-electron chi connectivity index (χ4n) is 1.33. The number of rotatable bonds is 4. The summed E-state index contributed by atoms with van der Waals surface area (Å²) in [7, 11) is 0. The quantitative estimate of drug-likeness (QED) is 0.834. The van der Waals surface area contributed by atoms with E-state index in [0.717, 1.165) is 11.3 Å². The van der Waals surface area contributed by atoms with Crippen LogP contribution in [0, 0.1) is 13.8 Å². The van der Waals surface area contributed by atoms with Crippen LogP contribution in [0.15, 0.2) is 18.2 Å². The third-order valence-corrected chi connectivity index (χ3v) is 2.56. The summed E-state index contributed by atoms with van der Waals surface area (Å²) in [6.45, 7) is 5.77. The minimum absolute atomic E-state index is 0.0135. The highest BCUT2D eigenvalue weighted by atomic mass is 16.2. The molecule has 0 bridgehead atoms. The van der Waals surface area contributed by atoms with E-state index in [9.17, 15) is 9.59 Å². The standard InChI is InChI=1S/C13H18N2O2/c1-4-12(16)14-8-13(17)15-11-6-5-9(2)10(3)7-11/h5-7H,4,8H2,1-3H3,(H,14,16)(H,15,17). The van der Waals surface area contributed by atoms with Gasteiger partial charge in [-0.05, 0) is 37.1 Å². The number of benzene rings is 1. The zero-order chi connectivity index (χ0) is 12.8. The molecular formula is C13H18N2O2. The van der Waals surface area contributed by atoms with E-state index in [2.05, 4.69) is 10.6 Å². The van der Waals surface area contributed by atoms with Gasteiger partial charge < -0.3 is 10.6 Å². The van der Waals surface area contributed by atoms with Crippen molar-refractivity contribution in [3.63, 3.8) is 0 Å². The van der Waals surface area contributed by atoms with Crippen LogP contribution in [0.2, 0.25) is 0 Å². The molecule has 92 valence electrons. The number of amides is 2. The minimum atomic E-state index is -0.213. The van der Waals surface area contributed by atoms with Gasteiger partial charge in [0.2, 0.25) is 11.8 Å². The first-order valence-electron chi connectivity index (χ1n) is 5.66. The van der Waals surface area contributed by atoms with Crippen LogP contribution >= 0.6 is 0 Å². The zero-order valence-electron chi connectivity index (χ0n) is 10.5. The number of hydrogen-bond acceptors (Lipinski definition) is 2. The Bertz CT molecular complexity index is 427. The first-order chi connectivity index (χ1) is 8.02. The van der Waals surface area contributed by atoms with Crippen molar-refractivity contribution in [2.24, 2.45) is 0 Å². The first-order valence-corrected chi connectivity index (χ1v) is 5.66. The lowest BCUT2D eigenvalue weighted by Gasteiger charge is -2.08. The topological polar surface area (TPSA) is 58.2 Å². The molecule has 0 radical (unpaired) electrons. The number of aryl methyl sites for hydroxylation is 2. The number of carbonyl (C=O) groups excluding carboxylic acids is 2. The molecule has 1 aromatic rings. The molecule has 0 fully saturated rings. The highest BCUT2D eigenvalue weighted by molar-refractivity contribution is 5.94. The predicted octanol–water partition coefficient (Wildman–Crippen LogP) is 1.77. The molecule has 0 aromatic heterocycles. The summed E-state index contributed by atoms with van der Waals surface area (Å²) in [5, 5.41) is 5.26. The number of hydrogen-bond donors (Lipinski definition) is 2. The van der Waals surface area contributed by atoms with Crippen molar-refractivity contribution in [2.75, 3.05) is 11.9 Å². The Morgan fingerprint density at radius 1 is 1.12 bits per heavy atom. The van der Waals surface area contributed by atoms with Crippen LogP contribution in [-0.4, -0.2) is 18.4 Å². The van der Waals surface area contributed by atoms with Gasteiger partial charge in [0, 0.05) is 12.1 Å². The predicted molar refractivity (Wildman–Crippen MR) is 67.8 cm³/mol. The van der Waals surface area contributed by atoms with Crippen LogP contribution < -0.4 is 10.6 Å². The Labute approximate surface area is 101 Å². The summed E-state index contributed by atoms with van der Waals surface area (Å²) < 4.78 is 0. The summed E-state index contributed by atoms with van der Waals surface area (Å²) in [6, 6.07) is 5.71. The molecule has 17 heavy (non-hydrogen) atoms. The summed E-state index contributed by atoms with van der Waals surface area (Å²) >= 11 is 0. The zero-order valence-corrected chi connectivity index (χ0v) is 10.5. The van der Waals surface area contributed by atoms with Crippen LogP contribution in [0.25, 0.3) is 0 Å². The molecule has 0 atom stereocenters. The van der Waals surface area contributed by atoms with Gasteiger partial charge in [0.1, 0.15) is 0 Å². The summed E-state index contributed by atoms with van der Waals surface area (Å²) in [5.41, 5.74) is 3.06. The average Bonchev–Trinajstić information content (AvgIpc) is 2.31. The monoisotopic (exact) mass is 234 g/mol. The highest BCUT2D eigenvalue weighted by Crippen LogP contribution is 2.13. The minimum Gasteiger partial charge on any atom is -0.347 e. The van der Waals surface area contributed by atoms with Gasteiger partial charge in [-0.25, -0.2) is 0 Å². The van der Waals surface area contributed by atoms with E-state index in [1.54, 1.807) is 6.92 Å². The average molecular weight is 234 g/mol. The Hall–Kier alpha value is -1.84. The second-order valence-corrected chi connectivity index (χ2v) is 3.98. The number of anilines is 1. The molecule has 0 aliphatic rings. The molecule has 4 nitrogen and oxygen atoms in total. The summed E-state index contributed by atoms with van der Waals surface area (Å²) in [4.78, 5) is 22.5. The van der Waals surface area contributed by atoms with Crippen molar-refractivity contribution in [3.05, 3.63) is 29.3 Å². The van der Waals surface area contributed by atoms with Crippen molar-refractivity contribution in [1.29, 1.82) is 0 Å². The first kappa shape index (κ1) is 13.2. The van der Waals surface area contributed by atoms with Gasteiger partial charge in [-0.15, -0.1) is 0 Å². The third kappa shape index (κ3) is 4.26. The van der Waals surface area contributed by atoms with E-state index in [0.29, 0.717) is 6.42 Å². The molecule has 0 unspecified atom stereocenters. The maximum absolute atomic E-state index is 11.5. The van der Waals surface area contributed by atoms with Gasteiger partial charge in [-0.3, -0.25) is 9.59 Å². The van der Waals surface area contributed by atoms with Crippen LogP contribution in [0.5, 0.6) is 0 Å². The van der Waals surface area contributed by atoms with Crippen LogP contribution in [0.3, 0.4) is 0 Å². The Morgan fingerprint density at radius 3 is 2.41 bits per heavy atom. The maximum atomic E-state index is 11.5. The summed E-state index contributed by atoms with van der Waals surface area (Å²) in [5.74, 6) is -0.338. The highest BCUT2D eigenvalue weighted by Gasteiger charge is 2.04. The van der Waals surface area contributed by atoms with E-state index in [4.69, 9.17) is 0 Å². The van der Waals surface area contributed by atoms with E-state index in [1.807, 2.05) is 32.0 Å². The third-order valence-electron chi connectivity index (χ3n) is 2.56. The molecule has 2 N–H and O–H groups in total. The smallest absolute Gasteiger partial charge is 0.243 e. The lowest BCUT2D eigenvalue weighted by Crippen LogP contribution is -2.32. The molecular weight excluding hydrogens is 216 g/mol. The molecule has 4 heteroatoms. The summed E-state index contributed by atoms with van der Waals surface area (Å²) in [6.07, 6.45) is 0.386. The van der Waals surface area contributed by atoms with Gasteiger partial charge in [0.25, 0.3) is 0 Å².